The molecule has 0 atom stereocenters. The highest BCUT2D eigenvalue weighted by atomic mass is 16.1. The van der Waals surface area contributed by atoms with Crippen LogP contribution in [-0.4, -0.2) is 16.3 Å². The van der Waals surface area contributed by atoms with Gasteiger partial charge in [-0.2, -0.15) is 0 Å². The van der Waals surface area contributed by atoms with Crippen LogP contribution in [0.4, 0.5) is 5.69 Å². The van der Waals surface area contributed by atoms with E-state index in [0.717, 1.165) is 28.1 Å². The number of ketones is 1. The molecule has 0 saturated heterocycles. The van der Waals surface area contributed by atoms with Crippen LogP contribution in [0.15, 0.2) is 54.6 Å². The number of carbonyl (C=O) groups excluding carboxylic acids is 2. The van der Waals surface area contributed by atoms with E-state index < -0.39 is 0 Å². The maximum atomic E-state index is 12.7. The van der Waals surface area contributed by atoms with Gasteiger partial charge in [0.25, 0.3) is 0 Å². The highest BCUT2D eigenvalue weighted by Crippen LogP contribution is 2.17. The van der Waals surface area contributed by atoms with Crippen molar-refractivity contribution in [3.05, 3.63) is 88.2 Å². The Hall–Kier alpha value is -3.14. The number of nitrogens with one attached hydrogen (secondary N) is 1. The van der Waals surface area contributed by atoms with Crippen LogP contribution in [0.5, 0.6) is 0 Å². The molecule has 0 spiro atoms. The van der Waals surface area contributed by atoms with E-state index in [0.29, 0.717) is 11.3 Å². The zero-order valence-corrected chi connectivity index (χ0v) is 16.2. The van der Waals surface area contributed by atoms with Gasteiger partial charge in [-0.3, -0.25) is 9.59 Å². The molecule has 0 radical (unpaired) electrons. The van der Waals surface area contributed by atoms with Crippen LogP contribution in [0, 0.1) is 20.8 Å². The van der Waals surface area contributed by atoms with E-state index in [1.165, 1.54) is 0 Å². The van der Waals surface area contributed by atoms with E-state index >= 15 is 0 Å². The Labute approximate surface area is 159 Å². The Kier molecular flexibility index (Phi) is 5.26. The molecule has 0 aliphatic rings. The first-order valence-electron chi connectivity index (χ1n) is 8.97. The lowest BCUT2D eigenvalue weighted by Crippen LogP contribution is -2.17. The molecule has 0 fully saturated rings. The molecule has 2 aromatic carbocycles. The van der Waals surface area contributed by atoms with Crippen molar-refractivity contribution >= 4 is 17.4 Å². The summed E-state index contributed by atoms with van der Waals surface area (Å²) in [6.07, 6.45) is 0.213. The van der Waals surface area contributed by atoms with Gasteiger partial charge >= 0.3 is 0 Å². The standard InChI is InChI=1S/C23H24N2O2/c1-15-5-7-18(8-6-15)23(27)21-10-9-20(25(21)4)14-22(26)24-19-12-16(2)11-17(3)13-19/h5-13H,14H2,1-4H3,(H,24,26). The fourth-order valence-corrected chi connectivity index (χ4v) is 3.23. The zero-order chi connectivity index (χ0) is 19.6. The highest BCUT2D eigenvalue weighted by molar-refractivity contribution is 6.08. The smallest absolute Gasteiger partial charge is 0.230 e. The number of hydrogen-bond acceptors (Lipinski definition) is 2. The Morgan fingerprint density at radius 3 is 2.11 bits per heavy atom. The lowest BCUT2D eigenvalue weighted by molar-refractivity contribution is -0.115. The molecule has 0 unspecified atom stereocenters. The molecule has 3 rings (SSSR count). The summed E-state index contributed by atoms with van der Waals surface area (Å²) in [4.78, 5) is 25.2. The van der Waals surface area contributed by atoms with Crippen LogP contribution in [0.25, 0.3) is 0 Å². The number of aryl methyl sites for hydroxylation is 3. The largest absolute Gasteiger partial charge is 0.344 e. The minimum absolute atomic E-state index is 0.0431. The Morgan fingerprint density at radius 2 is 1.48 bits per heavy atom. The van der Waals surface area contributed by atoms with Crippen molar-refractivity contribution in [3.63, 3.8) is 0 Å². The molecule has 1 amide bonds. The van der Waals surface area contributed by atoms with Gasteiger partial charge in [-0.05, 0) is 56.2 Å². The number of carbonyl (C=O) groups is 2. The summed E-state index contributed by atoms with van der Waals surface area (Å²) >= 11 is 0. The quantitative estimate of drug-likeness (QED) is 0.687. The molecular weight excluding hydrogens is 336 g/mol. The van der Waals surface area contributed by atoms with E-state index in [1.807, 2.05) is 70.3 Å². The fourth-order valence-electron chi connectivity index (χ4n) is 3.23. The summed E-state index contributed by atoms with van der Waals surface area (Å²) < 4.78 is 1.79. The van der Waals surface area contributed by atoms with E-state index in [2.05, 4.69) is 11.4 Å². The van der Waals surface area contributed by atoms with Gasteiger partial charge < -0.3 is 9.88 Å². The molecule has 0 aliphatic carbocycles. The topological polar surface area (TPSA) is 51.1 Å². The predicted molar refractivity (Wildman–Crippen MR) is 108 cm³/mol. The molecule has 1 aromatic heterocycles. The van der Waals surface area contributed by atoms with E-state index in [1.54, 1.807) is 10.6 Å². The highest BCUT2D eigenvalue weighted by Gasteiger charge is 2.16. The minimum Gasteiger partial charge on any atom is -0.344 e. The lowest BCUT2D eigenvalue weighted by Gasteiger charge is -2.10. The summed E-state index contributed by atoms with van der Waals surface area (Å²) in [5.74, 6) is -0.144. The molecule has 0 saturated carbocycles. The third kappa shape index (κ3) is 4.34. The second kappa shape index (κ2) is 7.62. The SMILES string of the molecule is Cc1ccc(C(=O)c2ccc(CC(=O)Nc3cc(C)cc(C)c3)n2C)cc1. The van der Waals surface area contributed by atoms with Crippen molar-refractivity contribution in [3.8, 4) is 0 Å². The number of aromatic nitrogens is 1. The average molecular weight is 360 g/mol. The monoisotopic (exact) mass is 360 g/mol. The number of rotatable bonds is 5. The molecular formula is C23H24N2O2. The minimum atomic E-state index is -0.101. The molecule has 0 bridgehead atoms. The third-order valence-electron chi connectivity index (χ3n) is 4.62. The predicted octanol–water partition coefficient (Wildman–Crippen LogP) is 4.36. The van der Waals surface area contributed by atoms with Crippen molar-refractivity contribution in [1.29, 1.82) is 0 Å². The summed E-state index contributed by atoms with van der Waals surface area (Å²) in [6, 6.07) is 17.1. The lowest BCUT2D eigenvalue weighted by atomic mass is 10.1. The first kappa shape index (κ1) is 18.6. The molecule has 1 heterocycles. The van der Waals surface area contributed by atoms with E-state index in [-0.39, 0.29) is 18.1 Å². The number of hydrogen-bond donors (Lipinski definition) is 1. The Bertz CT molecular complexity index is 977. The second-order valence-electron chi connectivity index (χ2n) is 7.07. The van der Waals surface area contributed by atoms with Crippen molar-refractivity contribution in [2.24, 2.45) is 7.05 Å². The summed E-state index contributed by atoms with van der Waals surface area (Å²) in [5, 5.41) is 2.94. The van der Waals surface area contributed by atoms with Gasteiger partial charge in [-0.25, -0.2) is 0 Å². The second-order valence-corrected chi connectivity index (χ2v) is 7.07. The van der Waals surface area contributed by atoms with E-state index in [9.17, 15) is 9.59 Å². The Balaban J connectivity index is 1.74. The van der Waals surface area contributed by atoms with E-state index in [4.69, 9.17) is 0 Å². The number of benzene rings is 2. The van der Waals surface area contributed by atoms with Crippen molar-refractivity contribution in [1.82, 2.24) is 4.57 Å². The van der Waals surface area contributed by atoms with Gasteiger partial charge in [0, 0.05) is 24.0 Å². The van der Waals surface area contributed by atoms with Gasteiger partial charge in [0.2, 0.25) is 11.7 Å². The summed E-state index contributed by atoms with van der Waals surface area (Å²) in [6.45, 7) is 5.99. The van der Waals surface area contributed by atoms with Gasteiger partial charge in [-0.15, -0.1) is 0 Å². The molecule has 1 N–H and O–H groups in total. The van der Waals surface area contributed by atoms with Crippen molar-refractivity contribution in [2.75, 3.05) is 5.32 Å². The number of anilines is 1. The first-order chi connectivity index (χ1) is 12.8. The van der Waals surface area contributed by atoms with Crippen molar-refractivity contribution in [2.45, 2.75) is 27.2 Å². The van der Waals surface area contributed by atoms with Crippen LogP contribution in [-0.2, 0) is 18.3 Å². The normalized spacial score (nSPS) is 10.7. The number of amides is 1. The maximum absolute atomic E-state index is 12.7. The third-order valence-corrected chi connectivity index (χ3v) is 4.62. The molecule has 0 aliphatic heterocycles. The maximum Gasteiger partial charge on any atom is 0.230 e. The summed E-state index contributed by atoms with van der Waals surface area (Å²) in [5.41, 5.74) is 6.14. The number of nitrogens with zero attached hydrogens (tertiary/aromatic N) is 1. The molecule has 138 valence electrons. The van der Waals surface area contributed by atoms with Gasteiger partial charge in [0.1, 0.15) is 0 Å². The fraction of sp³-hybridized carbons (Fsp3) is 0.217. The van der Waals surface area contributed by atoms with Gasteiger partial charge in [-0.1, -0.05) is 35.9 Å². The Morgan fingerprint density at radius 1 is 0.852 bits per heavy atom. The first-order valence-corrected chi connectivity index (χ1v) is 8.97. The molecule has 4 nitrogen and oxygen atoms in total. The van der Waals surface area contributed by atoms with Crippen LogP contribution < -0.4 is 5.32 Å². The molecule has 27 heavy (non-hydrogen) atoms. The van der Waals surface area contributed by atoms with Crippen molar-refractivity contribution < 1.29 is 9.59 Å². The average Bonchev–Trinajstić information content (AvgIpc) is 2.94. The van der Waals surface area contributed by atoms with Crippen LogP contribution >= 0.6 is 0 Å². The zero-order valence-electron chi connectivity index (χ0n) is 16.2. The summed E-state index contributed by atoms with van der Waals surface area (Å²) in [7, 11) is 1.82. The molecule has 4 heteroatoms. The van der Waals surface area contributed by atoms with Gasteiger partial charge in [0.05, 0.1) is 12.1 Å². The molecule has 3 aromatic rings. The van der Waals surface area contributed by atoms with Crippen LogP contribution in [0.1, 0.15) is 38.4 Å². The van der Waals surface area contributed by atoms with Crippen LogP contribution in [0.2, 0.25) is 0 Å². The van der Waals surface area contributed by atoms with Gasteiger partial charge in [0.15, 0.2) is 0 Å². The van der Waals surface area contributed by atoms with Crippen LogP contribution in [0.3, 0.4) is 0 Å².